The third-order valence-electron chi connectivity index (χ3n) is 1.60. The maximum Gasteiger partial charge on any atom is 0.458 e. The Labute approximate surface area is 125 Å². The summed E-state index contributed by atoms with van der Waals surface area (Å²) in [4.78, 5) is 24.8. The van der Waals surface area contributed by atoms with Crippen molar-refractivity contribution in [3.8, 4) is 0 Å². The topological polar surface area (TPSA) is 182 Å². The van der Waals surface area contributed by atoms with Crippen LogP contribution in [-0.4, -0.2) is 76.5 Å². The zero-order valence-electron chi connectivity index (χ0n) is 9.37. The maximum absolute atomic E-state index is 11.4. The van der Waals surface area contributed by atoms with E-state index >= 15 is 0 Å². The van der Waals surface area contributed by atoms with E-state index in [-0.39, 0.29) is 46.3 Å². The van der Waals surface area contributed by atoms with Gasteiger partial charge in [-0.25, -0.2) is 0 Å². The second-order valence-corrected chi connectivity index (χ2v) is 3.25. The van der Waals surface area contributed by atoms with E-state index in [1.165, 1.54) is 11.8 Å². The third kappa shape index (κ3) is 3.24. The summed E-state index contributed by atoms with van der Waals surface area (Å²) < 4.78 is 0.886. The normalized spacial score (nSPS) is 8.94. The number of nitrogens with zero attached hydrogens (tertiary/aromatic N) is 5. The summed E-state index contributed by atoms with van der Waals surface area (Å²) in [5.41, 5.74) is -0.877. The number of nitro groups is 1. The number of aromatic nitrogens is 5. The molecular formula is C5H8N6NaO5S. The number of H-pyrrole nitrogens is 1. The number of fused-ring (bicyclic) bond motifs is 1. The molecule has 0 aliphatic rings. The molecule has 18 heavy (non-hydrogen) atoms. The number of aromatic amines is 1. The van der Waals surface area contributed by atoms with Crippen molar-refractivity contribution in [3.05, 3.63) is 20.5 Å². The molecule has 11 nitrogen and oxygen atoms in total. The average Bonchev–Trinajstić information content (AvgIpc) is 2.61. The van der Waals surface area contributed by atoms with Gasteiger partial charge >= 0.3 is 11.4 Å². The first-order chi connectivity index (χ1) is 7.13. The van der Waals surface area contributed by atoms with Crippen LogP contribution in [0.25, 0.3) is 5.78 Å². The van der Waals surface area contributed by atoms with E-state index in [2.05, 4.69) is 20.3 Å². The molecule has 0 bridgehead atoms. The number of hydrogen-bond acceptors (Lipinski definition) is 7. The Hall–Kier alpha value is -1.05. The van der Waals surface area contributed by atoms with Crippen molar-refractivity contribution in [3.63, 3.8) is 0 Å². The molecular weight excluding hydrogens is 279 g/mol. The van der Waals surface area contributed by atoms with Gasteiger partial charge in [-0.05, 0) is 11.2 Å². The fourth-order valence-corrected chi connectivity index (χ4v) is 1.32. The molecule has 0 aromatic carbocycles. The van der Waals surface area contributed by atoms with E-state index < -0.39 is 16.3 Å². The summed E-state index contributed by atoms with van der Waals surface area (Å²) in [5.74, 6) is -0.821. The number of nitrogens with one attached hydrogen (secondary N) is 1. The van der Waals surface area contributed by atoms with Crippen LogP contribution in [0.15, 0.2) is 9.95 Å². The average molecular weight is 287 g/mol. The largest absolute Gasteiger partial charge is 0.458 e. The van der Waals surface area contributed by atoms with Gasteiger partial charge in [0, 0.05) is 34.7 Å². The van der Waals surface area contributed by atoms with E-state index in [9.17, 15) is 14.9 Å². The molecule has 0 saturated carbocycles. The zero-order chi connectivity index (χ0) is 11.0. The SMILES string of the molecule is CSc1nc2nnc([N+](=O)[O-])c(=O)n2[nH]1.O.O.[Na]. The Bertz CT molecular complexity index is 598. The Morgan fingerprint density at radius 3 is 2.50 bits per heavy atom. The first kappa shape index (κ1) is 19.3. The van der Waals surface area contributed by atoms with Crippen molar-refractivity contribution in [2.75, 3.05) is 6.26 Å². The van der Waals surface area contributed by atoms with Crippen LogP contribution in [0.1, 0.15) is 0 Å². The van der Waals surface area contributed by atoms with E-state index in [4.69, 9.17) is 0 Å². The smallest absolute Gasteiger partial charge is 0.412 e. The van der Waals surface area contributed by atoms with Crippen molar-refractivity contribution in [1.82, 2.24) is 24.8 Å². The van der Waals surface area contributed by atoms with Gasteiger partial charge in [-0.1, -0.05) is 11.8 Å². The van der Waals surface area contributed by atoms with Crippen LogP contribution in [0, 0.1) is 10.1 Å². The minimum absolute atomic E-state index is 0. The molecule has 95 valence electrons. The number of hydrogen-bond donors (Lipinski definition) is 1. The first-order valence-corrected chi connectivity index (χ1v) is 4.90. The molecule has 0 amide bonds. The van der Waals surface area contributed by atoms with Crippen molar-refractivity contribution in [2.24, 2.45) is 0 Å². The van der Waals surface area contributed by atoms with Gasteiger partial charge in [0.1, 0.15) is 0 Å². The van der Waals surface area contributed by atoms with Crippen LogP contribution in [0.3, 0.4) is 0 Å². The molecule has 0 atom stereocenters. The summed E-state index contributed by atoms with van der Waals surface area (Å²) in [5, 5.41) is 20.0. The minimum Gasteiger partial charge on any atom is -0.412 e. The Morgan fingerprint density at radius 2 is 2.00 bits per heavy atom. The molecule has 1 radical (unpaired) electrons. The molecule has 2 aromatic rings. The minimum atomic E-state index is -0.888. The van der Waals surface area contributed by atoms with Crippen LogP contribution in [0.2, 0.25) is 0 Å². The van der Waals surface area contributed by atoms with Crippen molar-refractivity contribution in [2.45, 2.75) is 5.16 Å². The molecule has 2 rings (SSSR count). The summed E-state index contributed by atoms with van der Waals surface area (Å²) >= 11 is 1.25. The number of thioether (sulfide) groups is 1. The van der Waals surface area contributed by atoms with Gasteiger partial charge in [0.05, 0.1) is 5.10 Å². The van der Waals surface area contributed by atoms with Crippen LogP contribution in [0.4, 0.5) is 5.82 Å². The summed E-state index contributed by atoms with van der Waals surface area (Å²) in [7, 11) is 0. The molecule has 0 saturated heterocycles. The Morgan fingerprint density at radius 1 is 1.39 bits per heavy atom. The predicted molar refractivity (Wildman–Crippen MR) is 62.8 cm³/mol. The molecule has 0 unspecified atom stereocenters. The van der Waals surface area contributed by atoms with E-state index in [1.54, 1.807) is 6.26 Å². The monoisotopic (exact) mass is 287 g/mol. The molecule has 5 N–H and O–H groups in total. The van der Waals surface area contributed by atoms with Crippen LogP contribution in [-0.2, 0) is 0 Å². The fourth-order valence-electron chi connectivity index (χ4n) is 0.961. The summed E-state index contributed by atoms with van der Waals surface area (Å²) in [6, 6.07) is 0. The van der Waals surface area contributed by atoms with Gasteiger partial charge in [-0.15, -0.1) is 0 Å². The zero-order valence-corrected chi connectivity index (χ0v) is 12.2. The number of rotatable bonds is 2. The van der Waals surface area contributed by atoms with E-state index in [0.717, 1.165) is 4.52 Å². The molecule has 0 spiro atoms. The van der Waals surface area contributed by atoms with E-state index in [1.807, 2.05) is 0 Å². The first-order valence-electron chi connectivity index (χ1n) is 3.67. The van der Waals surface area contributed by atoms with Crippen molar-refractivity contribution >= 4 is 52.9 Å². The van der Waals surface area contributed by atoms with Gasteiger partial charge in [0.2, 0.25) is 0 Å². The van der Waals surface area contributed by atoms with Gasteiger partial charge < -0.3 is 21.1 Å². The van der Waals surface area contributed by atoms with Gasteiger partial charge in [-0.3, -0.25) is 9.89 Å². The summed E-state index contributed by atoms with van der Waals surface area (Å²) in [6.07, 6.45) is 1.74. The van der Waals surface area contributed by atoms with Gasteiger partial charge in [0.25, 0.3) is 5.78 Å². The quantitative estimate of drug-likeness (QED) is 0.272. The summed E-state index contributed by atoms with van der Waals surface area (Å²) in [6.45, 7) is 0. The fraction of sp³-hybridized carbons (Fsp3) is 0.200. The van der Waals surface area contributed by atoms with Gasteiger partial charge in [0.15, 0.2) is 5.16 Å². The van der Waals surface area contributed by atoms with Crippen LogP contribution < -0.4 is 5.56 Å². The molecule has 2 heterocycles. The van der Waals surface area contributed by atoms with E-state index in [0.29, 0.717) is 5.16 Å². The predicted octanol–water partition coefficient (Wildman–Crippen LogP) is -2.59. The molecule has 0 aliphatic carbocycles. The Balaban J connectivity index is 0. The third-order valence-corrected chi connectivity index (χ3v) is 2.17. The molecule has 0 fully saturated rings. The maximum atomic E-state index is 11.4. The van der Waals surface area contributed by atoms with Crippen LogP contribution in [0.5, 0.6) is 0 Å². The second-order valence-electron chi connectivity index (χ2n) is 2.45. The Kier molecular flexibility index (Phi) is 7.93. The van der Waals surface area contributed by atoms with Crippen molar-refractivity contribution in [1.29, 1.82) is 0 Å². The van der Waals surface area contributed by atoms with Crippen LogP contribution >= 0.6 is 11.8 Å². The second kappa shape index (κ2) is 7.40. The molecule has 0 aliphatic heterocycles. The van der Waals surface area contributed by atoms with Crippen molar-refractivity contribution < 1.29 is 15.9 Å². The standard InChI is InChI=1S/C5H4N6O3S.Na.2H2O/c1-15-5-6-4-8-7-2(11(13)14)3(12)10(4)9-5;;;/h1H3,(H,6,8,9);;2*1H2. The molecule has 2 aromatic heterocycles. The molecule has 13 heteroatoms. The van der Waals surface area contributed by atoms with Gasteiger partial charge in [-0.2, -0.15) is 9.50 Å².